The van der Waals surface area contributed by atoms with Crippen LogP contribution in [0.5, 0.6) is 0 Å². The number of terminal acetylenes is 1. The zero-order chi connectivity index (χ0) is 26.0. The van der Waals surface area contributed by atoms with Gasteiger partial charge in [-0.1, -0.05) is 27.7 Å². The predicted octanol–water partition coefficient (Wildman–Crippen LogP) is 5.30. The Morgan fingerprint density at radius 1 is 1.30 bits per heavy atom. The van der Waals surface area contributed by atoms with Crippen LogP contribution in [0.25, 0.3) is 0 Å². The van der Waals surface area contributed by atoms with Crippen molar-refractivity contribution in [1.82, 2.24) is 15.3 Å². The zero-order valence-corrected chi connectivity index (χ0v) is 20.6. The molecule has 0 spiro atoms. The van der Waals surface area contributed by atoms with E-state index in [4.69, 9.17) is 11.1 Å². The van der Waals surface area contributed by atoms with Gasteiger partial charge in [0.2, 0.25) is 5.91 Å². The molecule has 6 nitrogen and oxygen atoms in total. The van der Waals surface area contributed by atoms with Gasteiger partial charge in [0.05, 0.1) is 11.1 Å². The second-order valence-electron chi connectivity index (χ2n) is 8.98. The molecule has 5 N–H and O–H groups in total. The quantitative estimate of drug-likeness (QED) is 0.334. The molecule has 0 aromatic carbocycles. The van der Waals surface area contributed by atoms with Gasteiger partial charge in [0.15, 0.2) is 0 Å². The maximum atomic E-state index is 12.6. The summed E-state index contributed by atoms with van der Waals surface area (Å²) in [6.07, 6.45) is 8.58. The molecule has 1 aromatic heterocycles. The number of aromatic nitrogens is 2. The topological polar surface area (TPSA) is 108 Å². The van der Waals surface area contributed by atoms with Crippen LogP contribution in [-0.4, -0.2) is 33.8 Å². The Balaban J connectivity index is 0.000000559. The fraction of sp³-hybridized carbons (Fsp3) is 0.708. The van der Waals surface area contributed by atoms with Gasteiger partial charge in [-0.3, -0.25) is 4.79 Å². The average molecular weight is 472 g/mol. The number of aromatic amines is 1. The molecule has 3 aliphatic rings. The van der Waals surface area contributed by atoms with Crippen LogP contribution in [0.3, 0.4) is 0 Å². The molecule has 1 unspecified atom stereocenters. The molecule has 9 heteroatoms. The number of rotatable bonds is 6. The first-order chi connectivity index (χ1) is 15.3. The number of carbonyl (C=O) groups excluding carboxylic acids is 1. The number of amides is 1. The number of fused-ring (bicyclic) bond motifs is 2. The Kier molecular flexibility index (Phi) is 12.4. The number of alkyl halides is 3. The summed E-state index contributed by atoms with van der Waals surface area (Å²) in [4.78, 5) is 18.3. The smallest absolute Gasteiger partial charge is 0.353 e. The molecule has 4 rings (SSSR count). The lowest BCUT2D eigenvalue weighted by Crippen LogP contribution is -2.57. The molecule has 2 bridgehead atoms. The van der Waals surface area contributed by atoms with Gasteiger partial charge in [0.1, 0.15) is 5.82 Å². The third kappa shape index (κ3) is 9.20. The van der Waals surface area contributed by atoms with Crippen LogP contribution in [0.1, 0.15) is 84.3 Å². The number of hydrogen-bond acceptors (Lipinski definition) is 4. The van der Waals surface area contributed by atoms with Crippen molar-refractivity contribution in [3.63, 3.8) is 0 Å². The number of nitrogens with one attached hydrogen (secondary N) is 3. The SMILES string of the molecule is C#C.CC.CC(=N)CC1C(=O)NC2CC1C2.Cc1ncc([C@@H](N)CCC(C)(C)C(F)(F)F)[nH]1. The molecule has 3 fully saturated rings. The minimum atomic E-state index is -4.20. The fourth-order valence-electron chi connectivity index (χ4n) is 3.66. The highest BCUT2D eigenvalue weighted by Crippen LogP contribution is 2.42. The van der Waals surface area contributed by atoms with E-state index in [0.29, 0.717) is 35.6 Å². The highest BCUT2D eigenvalue weighted by molar-refractivity contribution is 5.88. The van der Waals surface area contributed by atoms with Crippen molar-refractivity contribution in [2.75, 3.05) is 0 Å². The third-order valence-electron chi connectivity index (χ3n) is 5.92. The average Bonchev–Trinajstić information content (AvgIpc) is 3.15. The number of carbonyl (C=O) groups is 1. The highest BCUT2D eigenvalue weighted by Gasteiger charge is 2.47. The first kappa shape index (κ1) is 30.7. The van der Waals surface area contributed by atoms with Crippen LogP contribution in [0, 0.1) is 42.4 Å². The van der Waals surface area contributed by atoms with Crippen LogP contribution in [0.2, 0.25) is 0 Å². The molecular formula is C24H40F3N5O. The third-order valence-corrected chi connectivity index (χ3v) is 5.92. The van der Waals surface area contributed by atoms with Crippen LogP contribution in [0.15, 0.2) is 6.20 Å². The molecule has 1 saturated carbocycles. The number of nitrogens with two attached hydrogens (primary N) is 1. The molecule has 1 aromatic rings. The summed E-state index contributed by atoms with van der Waals surface area (Å²) in [5.41, 5.74) is 5.42. The Morgan fingerprint density at radius 3 is 2.24 bits per heavy atom. The Labute approximate surface area is 196 Å². The number of aryl methyl sites for hydroxylation is 1. The Bertz CT molecular complexity index is 764. The van der Waals surface area contributed by atoms with Crippen LogP contribution >= 0.6 is 0 Å². The molecule has 2 saturated heterocycles. The Hall–Kier alpha value is -2.34. The number of piperidine rings is 2. The summed E-state index contributed by atoms with van der Waals surface area (Å²) in [6, 6.07) is 0.0302. The molecule has 33 heavy (non-hydrogen) atoms. The molecule has 1 aliphatic carbocycles. The standard InChI is InChI=1S/C11H18F3N3.C9H14N2O.C2H6.C2H2/c1-7-16-6-9(17-7)8(15)4-5-10(2,3)11(12,13)14;1-5(10)2-8-6-3-7(4-6)11-9(8)12;2*1-2/h6,8H,4-5,15H2,1-3H3,(H,16,17);6-8,10H,2-4H2,1H3,(H,11,12);1-2H3;1-2H/t8-;;;/m0.../s1. The second-order valence-corrected chi connectivity index (χ2v) is 8.98. The van der Waals surface area contributed by atoms with Crippen LogP contribution in [0.4, 0.5) is 13.2 Å². The summed E-state index contributed by atoms with van der Waals surface area (Å²) < 4.78 is 37.9. The largest absolute Gasteiger partial charge is 0.393 e. The molecule has 2 aliphatic heterocycles. The van der Waals surface area contributed by atoms with E-state index >= 15 is 0 Å². The normalized spacial score (nSPS) is 21.9. The number of imidazole rings is 1. The van der Waals surface area contributed by atoms with Gasteiger partial charge < -0.3 is 21.4 Å². The zero-order valence-electron chi connectivity index (χ0n) is 20.6. The summed E-state index contributed by atoms with van der Waals surface area (Å²) in [5, 5.41) is 10.3. The van der Waals surface area contributed by atoms with E-state index < -0.39 is 17.6 Å². The number of hydrogen-bond donors (Lipinski definition) is 4. The van der Waals surface area contributed by atoms with E-state index in [0.717, 1.165) is 12.8 Å². The molecule has 188 valence electrons. The first-order valence-corrected chi connectivity index (χ1v) is 11.3. The van der Waals surface area contributed by atoms with Gasteiger partial charge in [-0.2, -0.15) is 13.2 Å². The van der Waals surface area contributed by atoms with Crippen molar-refractivity contribution >= 4 is 11.6 Å². The molecule has 1 amide bonds. The number of halogens is 3. The van der Waals surface area contributed by atoms with Crippen LogP contribution < -0.4 is 11.1 Å². The summed E-state index contributed by atoms with van der Waals surface area (Å²) in [5.74, 6) is 1.57. The lowest BCUT2D eigenvalue weighted by Gasteiger charge is -2.46. The van der Waals surface area contributed by atoms with E-state index in [1.54, 1.807) is 20.0 Å². The Morgan fingerprint density at radius 2 is 1.85 bits per heavy atom. The number of nitrogens with zero attached hydrogens (tertiary/aromatic N) is 1. The van der Waals surface area contributed by atoms with Gasteiger partial charge in [0.25, 0.3) is 0 Å². The van der Waals surface area contributed by atoms with Gasteiger partial charge in [-0.15, -0.1) is 12.8 Å². The molecular weight excluding hydrogens is 431 g/mol. The summed E-state index contributed by atoms with van der Waals surface area (Å²) >= 11 is 0. The van der Waals surface area contributed by atoms with Crippen LogP contribution in [-0.2, 0) is 4.79 Å². The van der Waals surface area contributed by atoms with Crippen molar-refractivity contribution in [1.29, 1.82) is 5.41 Å². The van der Waals surface area contributed by atoms with E-state index in [2.05, 4.69) is 28.1 Å². The van der Waals surface area contributed by atoms with Crippen molar-refractivity contribution in [3.8, 4) is 12.8 Å². The van der Waals surface area contributed by atoms with E-state index in [9.17, 15) is 18.0 Å². The second kappa shape index (κ2) is 13.4. The molecule has 0 radical (unpaired) electrons. The molecule has 3 heterocycles. The van der Waals surface area contributed by atoms with Crippen molar-refractivity contribution in [3.05, 3.63) is 17.7 Å². The molecule has 2 atom stereocenters. The van der Waals surface area contributed by atoms with Gasteiger partial charge in [-0.25, -0.2) is 4.98 Å². The fourth-order valence-corrected chi connectivity index (χ4v) is 3.66. The lowest BCUT2D eigenvalue weighted by molar-refractivity contribution is -0.214. The van der Waals surface area contributed by atoms with Crippen molar-refractivity contribution in [2.24, 2.45) is 23.0 Å². The minimum Gasteiger partial charge on any atom is -0.353 e. The van der Waals surface area contributed by atoms with Gasteiger partial charge in [-0.05, 0) is 51.9 Å². The summed E-state index contributed by atoms with van der Waals surface area (Å²) in [7, 11) is 0. The summed E-state index contributed by atoms with van der Waals surface area (Å²) in [6.45, 7) is 9.93. The highest BCUT2D eigenvalue weighted by atomic mass is 19.4. The predicted molar refractivity (Wildman–Crippen MR) is 127 cm³/mol. The minimum absolute atomic E-state index is 0.00423. The van der Waals surface area contributed by atoms with E-state index in [1.807, 2.05) is 13.8 Å². The van der Waals surface area contributed by atoms with Crippen molar-refractivity contribution < 1.29 is 18.0 Å². The number of H-pyrrole nitrogens is 1. The maximum Gasteiger partial charge on any atom is 0.393 e. The van der Waals surface area contributed by atoms with E-state index in [1.165, 1.54) is 13.8 Å². The lowest BCUT2D eigenvalue weighted by atomic mass is 9.67. The van der Waals surface area contributed by atoms with Gasteiger partial charge in [0, 0.05) is 29.9 Å². The first-order valence-electron chi connectivity index (χ1n) is 11.3. The maximum absolute atomic E-state index is 12.6. The van der Waals surface area contributed by atoms with Crippen molar-refractivity contribution in [2.45, 2.75) is 91.9 Å². The van der Waals surface area contributed by atoms with Gasteiger partial charge >= 0.3 is 6.18 Å². The van der Waals surface area contributed by atoms with E-state index in [-0.39, 0.29) is 24.7 Å². The monoisotopic (exact) mass is 471 g/mol.